The summed E-state index contributed by atoms with van der Waals surface area (Å²) in [6.45, 7) is 4.83. The van der Waals surface area contributed by atoms with Crippen LogP contribution in [0, 0.1) is 17.3 Å². The van der Waals surface area contributed by atoms with Gasteiger partial charge < -0.3 is 5.11 Å². The van der Waals surface area contributed by atoms with Gasteiger partial charge >= 0.3 is 0 Å². The number of aliphatic hydroxyl groups is 1. The molecule has 0 aliphatic heterocycles. The fourth-order valence-corrected chi connectivity index (χ4v) is 3.92. The highest BCUT2D eigenvalue weighted by Gasteiger charge is 2.54. The van der Waals surface area contributed by atoms with Gasteiger partial charge in [-0.2, -0.15) is 0 Å². The lowest BCUT2D eigenvalue weighted by Crippen LogP contribution is -2.51. The lowest BCUT2D eigenvalue weighted by atomic mass is 9.46. The molecular formula is C13H20O. The molecule has 1 fully saturated rings. The quantitative estimate of drug-likeness (QED) is 0.585. The summed E-state index contributed by atoms with van der Waals surface area (Å²) < 4.78 is 0. The predicted octanol–water partition coefficient (Wildman–Crippen LogP) is 2.89. The van der Waals surface area contributed by atoms with Crippen LogP contribution in [-0.2, 0) is 0 Å². The van der Waals surface area contributed by atoms with E-state index in [4.69, 9.17) is 0 Å². The van der Waals surface area contributed by atoms with Crippen molar-refractivity contribution in [2.75, 3.05) is 0 Å². The Hall–Kier alpha value is -0.300. The van der Waals surface area contributed by atoms with E-state index in [0.717, 1.165) is 18.3 Å². The zero-order valence-electron chi connectivity index (χ0n) is 9.21. The molecule has 78 valence electrons. The molecule has 14 heavy (non-hydrogen) atoms. The summed E-state index contributed by atoms with van der Waals surface area (Å²) in [7, 11) is 0. The Morgan fingerprint density at radius 2 is 2.07 bits per heavy atom. The molecule has 0 amide bonds. The van der Waals surface area contributed by atoms with E-state index in [1.165, 1.54) is 31.3 Å². The molecule has 4 aliphatic rings. The summed E-state index contributed by atoms with van der Waals surface area (Å²) in [4.78, 5) is 0. The molecule has 1 heteroatoms. The molecule has 4 aliphatic carbocycles. The summed E-state index contributed by atoms with van der Waals surface area (Å²) >= 11 is 0. The summed E-state index contributed by atoms with van der Waals surface area (Å²) in [5.74, 6) is 1.67. The number of rotatable bonds is 0. The van der Waals surface area contributed by atoms with Crippen LogP contribution in [0.2, 0.25) is 0 Å². The van der Waals surface area contributed by atoms with Crippen LogP contribution in [0.25, 0.3) is 0 Å². The molecule has 3 atom stereocenters. The zero-order valence-corrected chi connectivity index (χ0v) is 9.21. The lowest BCUT2D eigenvalue weighted by molar-refractivity contribution is -0.0243. The summed E-state index contributed by atoms with van der Waals surface area (Å²) in [6.07, 6.45) is 6.00. The van der Waals surface area contributed by atoms with Gasteiger partial charge in [-0.3, -0.25) is 0 Å². The van der Waals surface area contributed by atoms with Gasteiger partial charge in [-0.15, -0.1) is 0 Å². The Morgan fingerprint density at radius 3 is 2.79 bits per heavy atom. The van der Waals surface area contributed by atoms with Gasteiger partial charge in [0.25, 0.3) is 0 Å². The molecule has 0 spiro atoms. The van der Waals surface area contributed by atoms with E-state index in [1.807, 2.05) is 0 Å². The van der Waals surface area contributed by atoms with Gasteiger partial charge in [0.15, 0.2) is 0 Å². The average Bonchev–Trinajstić information content (AvgIpc) is 2.17. The fourth-order valence-electron chi connectivity index (χ4n) is 3.92. The van der Waals surface area contributed by atoms with Crippen LogP contribution < -0.4 is 0 Å². The third kappa shape index (κ3) is 0.942. The largest absolute Gasteiger partial charge is 0.389 e. The Bertz CT molecular complexity index is 300. The average molecular weight is 192 g/mol. The van der Waals surface area contributed by atoms with Crippen molar-refractivity contribution in [3.05, 3.63) is 11.1 Å². The third-order valence-corrected chi connectivity index (χ3v) is 5.10. The molecule has 0 heterocycles. The summed E-state index contributed by atoms with van der Waals surface area (Å²) in [5.41, 5.74) is 3.63. The molecule has 0 unspecified atom stereocenters. The molecule has 4 rings (SSSR count). The van der Waals surface area contributed by atoms with Crippen LogP contribution in [0.15, 0.2) is 11.1 Å². The second-order valence-corrected chi connectivity index (χ2v) is 5.97. The van der Waals surface area contributed by atoms with Gasteiger partial charge in [0, 0.05) is 0 Å². The minimum atomic E-state index is -0.0832. The van der Waals surface area contributed by atoms with Crippen LogP contribution >= 0.6 is 0 Å². The molecule has 0 radical (unpaired) electrons. The van der Waals surface area contributed by atoms with Crippen LogP contribution in [0.1, 0.15) is 46.0 Å². The number of hydrogen-bond acceptors (Lipinski definition) is 1. The lowest BCUT2D eigenvalue weighted by Gasteiger charge is -2.59. The Balaban J connectivity index is 1.99. The highest BCUT2D eigenvalue weighted by atomic mass is 16.3. The molecule has 0 saturated heterocycles. The molecule has 2 bridgehead atoms. The second kappa shape index (κ2) is 2.63. The second-order valence-electron chi connectivity index (χ2n) is 5.97. The highest BCUT2D eigenvalue weighted by Crippen LogP contribution is 2.63. The van der Waals surface area contributed by atoms with E-state index in [2.05, 4.69) is 13.8 Å². The van der Waals surface area contributed by atoms with Gasteiger partial charge in [-0.05, 0) is 54.9 Å². The number of allylic oxidation sites excluding steroid dienone is 1. The molecule has 0 aromatic heterocycles. The normalized spacial score (nSPS) is 44.4. The van der Waals surface area contributed by atoms with Gasteiger partial charge in [0.05, 0.1) is 6.10 Å². The van der Waals surface area contributed by atoms with Crippen LogP contribution in [0.5, 0.6) is 0 Å². The monoisotopic (exact) mass is 192 g/mol. The SMILES string of the molecule is CC1(C)[C@H]2CC3=C(CCC[C@@H]3O)[C@@H]1C2. The predicted molar refractivity (Wildman–Crippen MR) is 56.9 cm³/mol. The molecule has 1 saturated carbocycles. The van der Waals surface area contributed by atoms with Crippen molar-refractivity contribution in [2.45, 2.75) is 52.1 Å². The summed E-state index contributed by atoms with van der Waals surface area (Å²) in [5, 5.41) is 9.96. The van der Waals surface area contributed by atoms with E-state index in [9.17, 15) is 5.11 Å². The molecule has 1 nitrogen and oxygen atoms in total. The Labute approximate surface area is 86.2 Å². The van der Waals surface area contributed by atoms with Crippen molar-refractivity contribution in [3.8, 4) is 0 Å². The molecule has 0 aromatic rings. The van der Waals surface area contributed by atoms with Crippen LogP contribution in [0.3, 0.4) is 0 Å². The van der Waals surface area contributed by atoms with Gasteiger partial charge in [0.1, 0.15) is 0 Å². The van der Waals surface area contributed by atoms with E-state index in [-0.39, 0.29) is 6.10 Å². The first-order valence-corrected chi connectivity index (χ1v) is 6.00. The number of hydrogen-bond donors (Lipinski definition) is 1. The van der Waals surface area contributed by atoms with Crippen LogP contribution in [0.4, 0.5) is 0 Å². The maximum absolute atomic E-state index is 9.96. The molecule has 1 N–H and O–H groups in total. The first-order valence-electron chi connectivity index (χ1n) is 6.00. The fraction of sp³-hybridized carbons (Fsp3) is 0.846. The maximum atomic E-state index is 9.96. The standard InChI is InChI=1S/C13H20O/c1-13(2)8-6-10-9(11(13)7-8)4-3-5-12(10)14/h8,11-12,14H,3-7H2,1-2H3/t8-,11-,12-/m0/s1. The van der Waals surface area contributed by atoms with Crippen molar-refractivity contribution < 1.29 is 5.11 Å². The smallest absolute Gasteiger partial charge is 0.0753 e. The molecular weight excluding hydrogens is 172 g/mol. The van der Waals surface area contributed by atoms with E-state index in [1.54, 1.807) is 5.57 Å². The van der Waals surface area contributed by atoms with Crippen LogP contribution in [-0.4, -0.2) is 11.2 Å². The van der Waals surface area contributed by atoms with Crippen molar-refractivity contribution in [1.82, 2.24) is 0 Å². The molecule has 0 aromatic carbocycles. The van der Waals surface area contributed by atoms with Crippen molar-refractivity contribution in [3.63, 3.8) is 0 Å². The third-order valence-electron chi connectivity index (χ3n) is 5.10. The maximum Gasteiger partial charge on any atom is 0.0753 e. The first kappa shape index (κ1) is 8.96. The minimum absolute atomic E-state index is 0.0832. The van der Waals surface area contributed by atoms with Crippen molar-refractivity contribution in [1.29, 1.82) is 0 Å². The topological polar surface area (TPSA) is 20.2 Å². The zero-order chi connectivity index (χ0) is 9.92. The highest BCUT2D eigenvalue weighted by molar-refractivity contribution is 5.33. The van der Waals surface area contributed by atoms with E-state index < -0.39 is 0 Å². The minimum Gasteiger partial charge on any atom is -0.389 e. The number of aliphatic hydroxyl groups excluding tert-OH is 1. The van der Waals surface area contributed by atoms with E-state index >= 15 is 0 Å². The van der Waals surface area contributed by atoms with Gasteiger partial charge in [-0.1, -0.05) is 19.4 Å². The summed E-state index contributed by atoms with van der Waals surface area (Å²) in [6, 6.07) is 0. The van der Waals surface area contributed by atoms with Crippen molar-refractivity contribution >= 4 is 0 Å². The first-order chi connectivity index (χ1) is 6.60. The Kier molecular flexibility index (Phi) is 1.69. The van der Waals surface area contributed by atoms with Gasteiger partial charge in [0.2, 0.25) is 0 Å². The Morgan fingerprint density at radius 1 is 1.29 bits per heavy atom. The van der Waals surface area contributed by atoms with Gasteiger partial charge in [-0.25, -0.2) is 0 Å². The van der Waals surface area contributed by atoms with Crippen molar-refractivity contribution in [2.24, 2.45) is 17.3 Å². The van der Waals surface area contributed by atoms with E-state index in [0.29, 0.717) is 5.41 Å².